The van der Waals surface area contributed by atoms with Crippen LogP contribution in [0.5, 0.6) is 0 Å². The lowest BCUT2D eigenvalue weighted by atomic mass is 10.1. The maximum atomic E-state index is 11.0. The molecule has 3 N–H and O–H groups in total. The summed E-state index contributed by atoms with van der Waals surface area (Å²) in [6, 6.07) is 0. The zero-order valence-electron chi connectivity index (χ0n) is 6.61. The second kappa shape index (κ2) is 3.36. The largest absolute Gasteiger partial charge is 0.387 e. The lowest BCUT2D eigenvalue weighted by molar-refractivity contribution is -0.220. The average molecular weight is 177 g/mol. The maximum Gasteiger partial charge on any atom is 0.306 e. The Kier molecular flexibility index (Phi) is 2.63. The zero-order valence-corrected chi connectivity index (χ0v) is 6.61. The van der Waals surface area contributed by atoms with E-state index in [9.17, 15) is 9.90 Å². The molecular formula is C6H11NO5. The Morgan fingerprint density at radius 1 is 1.83 bits per heavy atom. The second-order valence-electron chi connectivity index (χ2n) is 2.48. The Morgan fingerprint density at radius 3 is 2.92 bits per heavy atom. The molecule has 1 heterocycles. The Morgan fingerprint density at radius 2 is 2.50 bits per heavy atom. The molecule has 12 heavy (non-hydrogen) atoms. The van der Waals surface area contributed by atoms with Gasteiger partial charge >= 0.3 is 5.91 Å². The molecule has 0 aromatic heterocycles. The van der Waals surface area contributed by atoms with Crippen LogP contribution in [0.1, 0.15) is 6.42 Å². The highest BCUT2D eigenvalue weighted by molar-refractivity contribution is 5.83. The molecule has 6 heteroatoms. The molecule has 0 saturated carbocycles. The molecule has 0 aromatic carbocycles. The number of hydroxylamine groups is 1. The van der Waals surface area contributed by atoms with Crippen molar-refractivity contribution >= 4 is 5.91 Å². The minimum atomic E-state index is -2.16. The molecule has 0 spiro atoms. The number of rotatable bonds is 2. The van der Waals surface area contributed by atoms with E-state index >= 15 is 0 Å². The SMILES string of the molecule is CONC(=O)C1(O)OCCC1O. The van der Waals surface area contributed by atoms with Crippen LogP contribution in [0.25, 0.3) is 0 Å². The molecule has 0 bridgehead atoms. The van der Waals surface area contributed by atoms with Crippen LogP contribution in [-0.4, -0.2) is 41.7 Å². The minimum absolute atomic E-state index is 0.148. The minimum Gasteiger partial charge on any atom is -0.387 e. The van der Waals surface area contributed by atoms with Crippen LogP contribution in [0, 0.1) is 0 Å². The first-order chi connectivity index (χ1) is 5.61. The highest BCUT2D eigenvalue weighted by Crippen LogP contribution is 2.23. The molecule has 6 nitrogen and oxygen atoms in total. The van der Waals surface area contributed by atoms with E-state index < -0.39 is 17.8 Å². The summed E-state index contributed by atoms with van der Waals surface area (Å²) >= 11 is 0. The van der Waals surface area contributed by atoms with Crippen LogP contribution in [0.2, 0.25) is 0 Å². The predicted molar refractivity (Wildman–Crippen MR) is 36.7 cm³/mol. The molecule has 1 saturated heterocycles. The highest BCUT2D eigenvalue weighted by atomic mass is 16.7. The lowest BCUT2D eigenvalue weighted by Gasteiger charge is -2.22. The van der Waals surface area contributed by atoms with E-state index in [2.05, 4.69) is 9.57 Å². The van der Waals surface area contributed by atoms with E-state index in [1.165, 1.54) is 7.11 Å². The van der Waals surface area contributed by atoms with Gasteiger partial charge in [0.15, 0.2) is 0 Å². The molecule has 2 unspecified atom stereocenters. The van der Waals surface area contributed by atoms with Gasteiger partial charge in [0.05, 0.1) is 13.7 Å². The lowest BCUT2D eigenvalue weighted by Crippen LogP contribution is -2.52. The van der Waals surface area contributed by atoms with Gasteiger partial charge < -0.3 is 14.9 Å². The topological polar surface area (TPSA) is 88.0 Å². The molecular weight excluding hydrogens is 166 g/mol. The van der Waals surface area contributed by atoms with E-state index in [-0.39, 0.29) is 13.0 Å². The van der Waals surface area contributed by atoms with E-state index in [0.717, 1.165) is 0 Å². The monoisotopic (exact) mass is 177 g/mol. The normalized spacial score (nSPS) is 35.1. The number of hydrogen-bond acceptors (Lipinski definition) is 5. The molecule has 1 amide bonds. The molecule has 0 radical (unpaired) electrons. The Labute approximate surface area is 69.0 Å². The Balaban J connectivity index is 2.63. The summed E-state index contributed by atoms with van der Waals surface area (Å²) in [6.07, 6.45) is -0.971. The maximum absolute atomic E-state index is 11.0. The summed E-state index contributed by atoms with van der Waals surface area (Å²) in [5.74, 6) is -3.05. The number of aliphatic hydroxyl groups is 2. The molecule has 70 valence electrons. The number of ether oxygens (including phenoxy) is 1. The van der Waals surface area contributed by atoms with Gasteiger partial charge in [-0.3, -0.25) is 9.63 Å². The van der Waals surface area contributed by atoms with E-state index in [4.69, 9.17) is 5.11 Å². The summed E-state index contributed by atoms with van der Waals surface area (Å²) in [5.41, 5.74) is 1.88. The first-order valence-corrected chi connectivity index (χ1v) is 3.49. The third-order valence-electron chi connectivity index (χ3n) is 1.69. The van der Waals surface area contributed by atoms with Crippen molar-refractivity contribution in [1.29, 1.82) is 0 Å². The van der Waals surface area contributed by atoms with Crippen molar-refractivity contribution in [3.8, 4) is 0 Å². The molecule has 0 aliphatic carbocycles. The van der Waals surface area contributed by atoms with Gasteiger partial charge in [0.2, 0.25) is 0 Å². The number of hydrogen-bond donors (Lipinski definition) is 3. The van der Waals surface area contributed by atoms with Gasteiger partial charge in [-0.1, -0.05) is 0 Å². The summed E-state index contributed by atoms with van der Waals surface area (Å²) in [7, 11) is 1.22. The number of carbonyl (C=O) groups is 1. The molecule has 0 aromatic rings. The highest BCUT2D eigenvalue weighted by Gasteiger charge is 2.49. The quantitative estimate of drug-likeness (QED) is 0.430. The fourth-order valence-corrected chi connectivity index (χ4v) is 1.00. The zero-order chi connectivity index (χ0) is 9.19. The standard InChI is InChI=1S/C6H11NO5/c1-11-7-5(9)6(10)4(8)2-3-12-6/h4,8,10H,2-3H2,1H3,(H,7,9). The number of nitrogens with one attached hydrogen (secondary N) is 1. The van der Waals surface area contributed by atoms with Crippen molar-refractivity contribution < 1.29 is 24.6 Å². The van der Waals surface area contributed by atoms with Crippen molar-refractivity contribution in [1.82, 2.24) is 5.48 Å². The summed E-state index contributed by atoms with van der Waals surface area (Å²) in [4.78, 5) is 15.3. The van der Waals surface area contributed by atoms with Crippen molar-refractivity contribution in [3.63, 3.8) is 0 Å². The number of aliphatic hydroxyl groups excluding tert-OH is 1. The fourth-order valence-electron chi connectivity index (χ4n) is 1.00. The Bertz CT molecular complexity index is 185. The second-order valence-corrected chi connectivity index (χ2v) is 2.48. The van der Waals surface area contributed by atoms with Crippen LogP contribution >= 0.6 is 0 Å². The average Bonchev–Trinajstić information content (AvgIpc) is 2.34. The van der Waals surface area contributed by atoms with Gasteiger partial charge in [-0.15, -0.1) is 0 Å². The van der Waals surface area contributed by atoms with Crippen LogP contribution in [0.3, 0.4) is 0 Å². The third-order valence-corrected chi connectivity index (χ3v) is 1.69. The molecule has 1 fully saturated rings. The smallest absolute Gasteiger partial charge is 0.306 e. The van der Waals surface area contributed by atoms with Crippen LogP contribution in [-0.2, 0) is 14.4 Å². The van der Waals surface area contributed by atoms with Crippen molar-refractivity contribution in [2.24, 2.45) is 0 Å². The van der Waals surface area contributed by atoms with Gasteiger partial charge in [-0.25, -0.2) is 5.48 Å². The first kappa shape index (κ1) is 9.40. The summed E-state index contributed by atoms with van der Waals surface area (Å²) < 4.78 is 4.68. The van der Waals surface area contributed by atoms with Crippen molar-refractivity contribution in [2.45, 2.75) is 18.3 Å². The fraction of sp³-hybridized carbons (Fsp3) is 0.833. The summed E-state index contributed by atoms with van der Waals surface area (Å²) in [6.45, 7) is 0.148. The van der Waals surface area contributed by atoms with Crippen LogP contribution < -0.4 is 5.48 Å². The van der Waals surface area contributed by atoms with Crippen molar-refractivity contribution in [3.05, 3.63) is 0 Å². The van der Waals surface area contributed by atoms with Gasteiger partial charge in [0.1, 0.15) is 6.10 Å². The van der Waals surface area contributed by atoms with Crippen LogP contribution in [0.15, 0.2) is 0 Å². The van der Waals surface area contributed by atoms with Gasteiger partial charge in [0.25, 0.3) is 5.79 Å². The Hall–Kier alpha value is -0.690. The molecule has 2 atom stereocenters. The van der Waals surface area contributed by atoms with Gasteiger partial charge in [-0.05, 0) is 0 Å². The number of amides is 1. The molecule has 1 aliphatic heterocycles. The summed E-state index contributed by atoms with van der Waals surface area (Å²) in [5, 5.41) is 18.5. The predicted octanol–water partition coefficient (Wildman–Crippen LogP) is -1.87. The van der Waals surface area contributed by atoms with Crippen LogP contribution in [0.4, 0.5) is 0 Å². The van der Waals surface area contributed by atoms with E-state index in [0.29, 0.717) is 0 Å². The number of carbonyl (C=O) groups excluding carboxylic acids is 1. The third kappa shape index (κ3) is 1.42. The molecule has 1 rings (SSSR count). The first-order valence-electron chi connectivity index (χ1n) is 3.49. The van der Waals surface area contributed by atoms with E-state index in [1.807, 2.05) is 5.48 Å². The van der Waals surface area contributed by atoms with E-state index in [1.54, 1.807) is 0 Å². The van der Waals surface area contributed by atoms with Gasteiger partial charge in [0, 0.05) is 6.42 Å². The molecule has 1 aliphatic rings. The van der Waals surface area contributed by atoms with Gasteiger partial charge in [-0.2, -0.15) is 0 Å². The van der Waals surface area contributed by atoms with Crippen molar-refractivity contribution in [2.75, 3.05) is 13.7 Å².